The van der Waals surface area contributed by atoms with Crippen molar-refractivity contribution < 1.29 is 4.79 Å². The molecule has 0 saturated heterocycles. The van der Waals surface area contributed by atoms with Crippen molar-refractivity contribution in [3.8, 4) is 5.69 Å². The van der Waals surface area contributed by atoms with Gasteiger partial charge in [0.25, 0.3) is 11.5 Å². The van der Waals surface area contributed by atoms with Crippen LogP contribution in [0, 0.1) is 0 Å². The zero-order valence-corrected chi connectivity index (χ0v) is 16.7. The normalized spacial score (nSPS) is 10.5. The zero-order chi connectivity index (χ0) is 20.1. The molecule has 6 nitrogen and oxygen atoms in total. The number of aromatic nitrogens is 2. The van der Waals surface area contributed by atoms with Gasteiger partial charge < -0.3 is 10.6 Å². The first kappa shape index (κ1) is 20.2. The van der Waals surface area contributed by atoms with Crippen molar-refractivity contribution in [3.05, 3.63) is 85.7 Å². The Morgan fingerprint density at radius 1 is 1.00 bits per heavy atom. The molecule has 0 spiro atoms. The molecular formula is C19H15Cl3N4O2. The number of carbonyl (C=O) groups is 1. The van der Waals surface area contributed by atoms with E-state index in [1.807, 2.05) is 0 Å². The van der Waals surface area contributed by atoms with Gasteiger partial charge in [-0.05, 0) is 36.4 Å². The number of carbonyl (C=O) groups excluding carboxylic acids is 1. The van der Waals surface area contributed by atoms with E-state index in [2.05, 4.69) is 15.7 Å². The summed E-state index contributed by atoms with van der Waals surface area (Å²) in [6.45, 7) is 0.655. The maximum absolute atomic E-state index is 12.4. The molecule has 9 heteroatoms. The molecule has 0 aliphatic heterocycles. The number of nitrogens with zero attached hydrogens (tertiary/aromatic N) is 2. The first-order valence-electron chi connectivity index (χ1n) is 8.28. The summed E-state index contributed by atoms with van der Waals surface area (Å²) in [6, 6.07) is 13.4. The minimum absolute atomic E-state index is 0.00220. The number of amides is 1. The number of hydrogen-bond acceptors (Lipinski definition) is 4. The second-order valence-corrected chi connectivity index (χ2v) is 6.95. The molecule has 0 bridgehead atoms. The first-order chi connectivity index (χ1) is 13.5. The van der Waals surface area contributed by atoms with Crippen LogP contribution in [0.15, 0.2) is 59.5 Å². The predicted molar refractivity (Wildman–Crippen MR) is 112 cm³/mol. The molecule has 1 aromatic heterocycles. The molecule has 0 radical (unpaired) electrons. The van der Waals surface area contributed by atoms with Crippen LogP contribution in [0.4, 0.5) is 5.69 Å². The quantitative estimate of drug-likeness (QED) is 0.571. The SMILES string of the molecule is O=C(NCCNc1cnn(-c2ccc(Cl)cc2)c(=O)c1Cl)c1ccccc1Cl. The van der Waals surface area contributed by atoms with E-state index in [1.54, 1.807) is 48.5 Å². The Kier molecular flexibility index (Phi) is 6.57. The molecule has 3 aromatic rings. The van der Waals surface area contributed by atoms with Crippen LogP contribution in [-0.4, -0.2) is 28.8 Å². The van der Waals surface area contributed by atoms with Crippen LogP contribution in [0.1, 0.15) is 10.4 Å². The van der Waals surface area contributed by atoms with Gasteiger partial charge in [-0.15, -0.1) is 0 Å². The second kappa shape index (κ2) is 9.10. The Morgan fingerprint density at radius 2 is 1.71 bits per heavy atom. The summed E-state index contributed by atoms with van der Waals surface area (Å²) in [5.74, 6) is -0.283. The average Bonchev–Trinajstić information content (AvgIpc) is 2.69. The molecule has 0 aliphatic carbocycles. The smallest absolute Gasteiger partial charge is 0.292 e. The van der Waals surface area contributed by atoms with Crippen molar-refractivity contribution >= 4 is 46.4 Å². The van der Waals surface area contributed by atoms with Crippen LogP contribution >= 0.6 is 34.8 Å². The fourth-order valence-electron chi connectivity index (χ4n) is 2.44. The maximum atomic E-state index is 12.4. The first-order valence-corrected chi connectivity index (χ1v) is 9.41. The van der Waals surface area contributed by atoms with Crippen LogP contribution in [0.3, 0.4) is 0 Å². The highest BCUT2D eigenvalue weighted by molar-refractivity contribution is 6.34. The Morgan fingerprint density at radius 3 is 2.43 bits per heavy atom. The van der Waals surface area contributed by atoms with Crippen LogP contribution in [0.5, 0.6) is 0 Å². The number of rotatable bonds is 6. The summed E-state index contributed by atoms with van der Waals surface area (Å²) in [5, 5.41) is 10.8. The standard InChI is InChI=1S/C19H15Cl3N4O2/c20-12-5-7-13(8-6-12)26-19(28)17(22)16(11-25-26)23-9-10-24-18(27)14-3-1-2-4-15(14)21/h1-8,11,23H,9-10H2,(H,24,27). The lowest BCUT2D eigenvalue weighted by Crippen LogP contribution is -2.29. The van der Waals surface area contributed by atoms with Crippen LogP contribution < -0.4 is 16.2 Å². The lowest BCUT2D eigenvalue weighted by atomic mass is 10.2. The highest BCUT2D eigenvalue weighted by Gasteiger charge is 2.11. The largest absolute Gasteiger partial charge is 0.381 e. The van der Waals surface area contributed by atoms with E-state index in [-0.39, 0.29) is 10.9 Å². The fourth-order valence-corrected chi connectivity index (χ4v) is 2.98. The third-order valence-corrected chi connectivity index (χ3v) is 4.78. The van der Waals surface area contributed by atoms with Crippen LogP contribution in [-0.2, 0) is 0 Å². The summed E-state index contributed by atoms with van der Waals surface area (Å²) in [7, 11) is 0. The fraction of sp³-hybridized carbons (Fsp3) is 0.105. The average molecular weight is 438 g/mol. The van der Waals surface area contributed by atoms with Gasteiger partial charge in [0.05, 0.1) is 28.2 Å². The van der Waals surface area contributed by atoms with E-state index in [4.69, 9.17) is 34.8 Å². The molecule has 144 valence electrons. The van der Waals surface area contributed by atoms with E-state index in [0.29, 0.717) is 40.1 Å². The van der Waals surface area contributed by atoms with Gasteiger partial charge in [-0.2, -0.15) is 9.78 Å². The summed E-state index contributed by atoms with van der Waals surface area (Å²) in [4.78, 5) is 24.5. The molecule has 0 aliphatic rings. The van der Waals surface area contributed by atoms with Gasteiger partial charge in [0.15, 0.2) is 0 Å². The Labute approximate surface area is 176 Å². The van der Waals surface area contributed by atoms with E-state index in [9.17, 15) is 9.59 Å². The highest BCUT2D eigenvalue weighted by atomic mass is 35.5. The minimum atomic E-state index is -0.464. The van der Waals surface area contributed by atoms with Gasteiger partial charge >= 0.3 is 0 Å². The van der Waals surface area contributed by atoms with Gasteiger partial charge in [0, 0.05) is 18.1 Å². The third-order valence-electron chi connectivity index (χ3n) is 3.83. The molecule has 0 fully saturated rings. The molecule has 0 unspecified atom stereocenters. The Bertz CT molecular complexity index is 1050. The van der Waals surface area contributed by atoms with Gasteiger partial charge in [-0.25, -0.2) is 0 Å². The molecule has 2 aromatic carbocycles. The summed E-state index contributed by atoms with van der Waals surface area (Å²) >= 11 is 18.0. The number of benzene rings is 2. The van der Waals surface area contributed by atoms with Gasteiger partial charge in [-0.3, -0.25) is 9.59 Å². The number of halogens is 3. The summed E-state index contributed by atoms with van der Waals surface area (Å²) in [5.41, 5.74) is 0.863. The third kappa shape index (κ3) is 4.65. The molecule has 0 saturated carbocycles. The lowest BCUT2D eigenvalue weighted by molar-refractivity contribution is 0.0955. The number of hydrogen-bond donors (Lipinski definition) is 2. The molecule has 28 heavy (non-hydrogen) atoms. The van der Waals surface area contributed by atoms with Gasteiger partial charge in [0.2, 0.25) is 0 Å². The Hall–Kier alpha value is -2.54. The number of nitrogens with one attached hydrogen (secondary N) is 2. The molecule has 3 rings (SSSR count). The van der Waals surface area contributed by atoms with Crippen LogP contribution in [0.2, 0.25) is 15.1 Å². The lowest BCUT2D eigenvalue weighted by Gasteiger charge is -2.11. The van der Waals surface area contributed by atoms with Gasteiger partial charge in [0.1, 0.15) is 5.02 Å². The molecule has 0 atom stereocenters. The van der Waals surface area contributed by atoms with Crippen molar-refractivity contribution in [3.63, 3.8) is 0 Å². The van der Waals surface area contributed by atoms with Crippen LogP contribution in [0.25, 0.3) is 5.69 Å². The van der Waals surface area contributed by atoms with Gasteiger partial charge in [-0.1, -0.05) is 46.9 Å². The molecule has 2 N–H and O–H groups in total. The van der Waals surface area contributed by atoms with Crippen molar-refractivity contribution in [2.45, 2.75) is 0 Å². The maximum Gasteiger partial charge on any atom is 0.292 e. The molecule has 1 heterocycles. The van der Waals surface area contributed by atoms with E-state index < -0.39 is 5.56 Å². The van der Waals surface area contributed by atoms with Crippen molar-refractivity contribution in [2.75, 3.05) is 18.4 Å². The zero-order valence-electron chi connectivity index (χ0n) is 14.5. The Balaban J connectivity index is 1.62. The predicted octanol–water partition coefficient (Wildman–Crippen LogP) is 4.03. The van der Waals surface area contributed by atoms with Crippen molar-refractivity contribution in [2.24, 2.45) is 0 Å². The van der Waals surface area contributed by atoms with E-state index in [1.165, 1.54) is 10.9 Å². The van der Waals surface area contributed by atoms with E-state index >= 15 is 0 Å². The summed E-state index contributed by atoms with van der Waals surface area (Å²) in [6.07, 6.45) is 1.45. The topological polar surface area (TPSA) is 76.0 Å². The second-order valence-electron chi connectivity index (χ2n) is 5.73. The van der Waals surface area contributed by atoms with Crippen molar-refractivity contribution in [1.82, 2.24) is 15.1 Å². The minimum Gasteiger partial charge on any atom is -0.381 e. The highest BCUT2D eigenvalue weighted by Crippen LogP contribution is 2.17. The molecule has 1 amide bonds. The summed E-state index contributed by atoms with van der Waals surface area (Å²) < 4.78 is 1.18. The van der Waals surface area contributed by atoms with E-state index in [0.717, 1.165) is 0 Å². The molecular weight excluding hydrogens is 423 g/mol. The monoisotopic (exact) mass is 436 g/mol. The number of anilines is 1. The van der Waals surface area contributed by atoms with Crippen molar-refractivity contribution in [1.29, 1.82) is 0 Å².